The van der Waals surface area contributed by atoms with Gasteiger partial charge < -0.3 is 4.57 Å². The second-order valence-corrected chi connectivity index (χ2v) is 4.33. The summed E-state index contributed by atoms with van der Waals surface area (Å²) >= 11 is 0. The highest BCUT2D eigenvalue weighted by molar-refractivity contribution is 5.19. The molecule has 0 aliphatic heterocycles. The van der Waals surface area contributed by atoms with E-state index in [1.54, 1.807) is 0 Å². The van der Waals surface area contributed by atoms with Gasteiger partial charge in [0.2, 0.25) is 0 Å². The Labute approximate surface area is 95.2 Å². The summed E-state index contributed by atoms with van der Waals surface area (Å²) in [4.78, 5) is 8.54. The predicted molar refractivity (Wildman–Crippen MR) is 62.2 cm³/mol. The lowest BCUT2D eigenvalue weighted by Crippen LogP contribution is -2.08. The van der Waals surface area contributed by atoms with Crippen LogP contribution in [0.1, 0.15) is 29.8 Å². The van der Waals surface area contributed by atoms with E-state index in [9.17, 15) is 0 Å². The van der Waals surface area contributed by atoms with Crippen molar-refractivity contribution < 1.29 is 0 Å². The maximum absolute atomic E-state index is 4.50. The predicted octanol–water partition coefficient (Wildman–Crippen LogP) is 2.21. The minimum atomic E-state index is 0.921. The number of aromatic nitrogens is 3. The van der Waals surface area contributed by atoms with Gasteiger partial charge in [-0.3, -0.25) is 4.98 Å². The van der Waals surface area contributed by atoms with Gasteiger partial charge in [0.05, 0.1) is 12.0 Å². The van der Waals surface area contributed by atoms with Crippen LogP contribution in [0.15, 0.2) is 30.9 Å². The Kier molecular flexibility index (Phi) is 2.44. The maximum Gasteiger partial charge on any atom is 0.0954 e. The van der Waals surface area contributed by atoms with Crippen LogP contribution in [0.3, 0.4) is 0 Å². The van der Waals surface area contributed by atoms with E-state index in [-0.39, 0.29) is 0 Å². The molecule has 2 aromatic rings. The van der Waals surface area contributed by atoms with Gasteiger partial charge in [0.15, 0.2) is 0 Å². The van der Waals surface area contributed by atoms with Crippen LogP contribution in [0.5, 0.6) is 0 Å². The molecule has 0 bridgehead atoms. The van der Waals surface area contributed by atoms with Crippen LogP contribution in [0, 0.1) is 0 Å². The number of imidazole rings is 1. The molecule has 0 saturated heterocycles. The fourth-order valence-corrected chi connectivity index (χ4v) is 2.35. The second kappa shape index (κ2) is 4.08. The van der Waals surface area contributed by atoms with E-state index in [0.29, 0.717) is 0 Å². The third kappa shape index (κ3) is 1.73. The summed E-state index contributed by atoms with van der Waals surface area (Å²) in [5, 5.41) is 0. The average Bonchev–Trinajstić information content (AvgIpc) is 2.74. The molecule has 2 aromatic heterocycles. The van der Waals surface area contributed by atoms with E-state index < -0.39 is 0 Å². The fourth-order valence-electron chi connectivity index (χ4n) is 2.35. The van der Waals surface area contributed by atoms with Gasteiger partial charge in [-0.2, -0.15) is 0 Å². The molecule has 0 unspecified atom stereocenters. The summed E-state index contributed by atoms with van der Waals surface area (Å²) in [5.41, 5.74) is 4.03. The number of hydrogen-bond donors (Lipinski definition) is 0. The Morgan fingerprint density at radius 3 is 2.81 bits per heavy atom. The van der Waals surface area contributed by atoms with Crippen molar-refractivity contribution in [2.24, 2.45) is 0 Å². The molecule has 0 aromatic carbocycles. The molecule has 3 rings (SSSR count). The lowest BCUT2D eigenvalue weighted by atomic mass is 10.0. The molecule has 16 heavy (non-hydrogen) atoms. The molecule has 82 valence electrons. The summed E-state index contributed by atoms with van der Waals surface area (Å²) in [6, 6.07) is 4.13. The smallest absolute Gasteiger partial charge is 0.0954 e. The fraction of sp³-hybridized carbons (Fsp3) is 0.385. The van der Waals surface area contributed by atoms with Crippen LogP contribution in [-0.2, 0) is 19.4 Å². The number of rotatable bonds is 2. The van der Waals surface area contributed by atoms with Crippen LogP contribution >= 0.6 is 0 Å². The van der Waals surface area contributed by atoms with Crippen molar-refractivity contribution in [1.82, 2.24) is 14.5 Å². The van der Waals surface area contributed by atoms with Gasteiger partial charge in [-0.1, -0.05) is 0 Å². The topological polar surface area (TPSA) is 30.7 Å². The Bertz CT molecular complexity index is 473. The van der Waals surface area contributed by atoms with Crippen molar-refractivity contribution in [3.8, 4) is 0 Å². The van der Waals surface area contributed by atoms with Crippen LogP contribution < -0.4 is 0 Å². The molecule has 0 atom stereocenters. The highest BCUT2D eigenvalue weighted by atomic mass is 15.1. The summed E-state index contributed by atoms with van der Waals surface area (Å²) in [6.07, 6.45) is 10.6. The minimum Gasteiger partial charge on any atom is -0.330 e. The lowest BCUT2D eigenvalue weighted by molar-refractivity contribution is 0.628. The van der Waals surface area contributed by atoms with Gasteiger partial charge in [0.1, 0.15) is 0 Å². The maximum atomic E-state index is 4.50. The molecule has 2 heterocycles. The Hall–Kier alpha value is -1.64. The molecule has 0 spiro atoms. The highest BCUT2D eigenvalue weighted by Gasteiger charge is 2.14. The van der Waals surface area contributed by atoms with Crippen molar-refractivity contribution in [2.75, 3.05) is 0 Å². The zero-order chi connectivity index (χ0) is 10.8. The molecular formula is C13H15N3. The van der Waals surface area contributed by atoms with E-state index in [0.717, 1.165) is 13.0 Å². The SMILES string of the molecule is c1cc(Cn2cnc3c2CCCC3)ccn1. The second-order valence-electron chi connectivity index (χ2n) is 4.33. The van der Waals surface area contributed by atoms with Crippen LogP contribution in [0.4, 0.5) is 0 Å². The molecule has 0 radical (unpaired) electrons. The van der Waals surface area contributed by atoms with Gasteiger partial charge in [-0.15, -0.1) is 0 Å². The number of fused-ring (bicyclic) bond motifs is 1. The van der Waals surface area contributed by atoms with Crippen molar-refractivity contribution >= 4 is 0 Å². The summed E-state index contributed by atoms with van der Waals surface area (Å²) in [6.45, 7) is 0.921. The van der Waals surface area contributed by atoms with Crippen LogP contribution in [0.25, 0.3) is 0 Å². The first-order valence-electron chi connectivity index (χ1n) is 5.85. The Morgan fingerprint density at radius 1 is 1.12 bits per heavy atom. The normalized spacial score (nSPS) is 14.8. The van der Waals surface area contributed by atoms with Gasteiger partial charge in [0.25, 0.3) is 0 Å². The molecule has 1 aliphatic rings. The van der Waals surface area contributed by atoms with Crippen molar-refractivity contribution in [2.45, 2.75) is 32.2 Å². The third-order valence-corrected chi connectivity index (χ3v) is 3.21. The molecule has 3 heteroatoms. The largest absolute Gasteiger partial charge is 0.330 e. The Morgan fingerprint density at radius 2 is 1.94 bits per heavy atom. The van der Waals surface area contributed by atoms with Crippen LogP contribution in [0.2, 0.25) is 0 Å². The van der Waals surface area contributed by atoms with E-state index in [1.807, 2.05) is 18.7 Å². The molecule has 0 N–H and O–H groups in total. The van der Waals surface area contributed by atoms with Crippen LogP contribution in [-0.4, -0.2) is 14.5 Å². The van der Waals surface area contributed by atoms with Crippen molar-refractivity contribution in [1.29, 1.82) is 0 Å². The zero-order valence-electron chi connectivity index (χ0n) is 9.26. The number of aryl methyl sites for hydroxylation is 1. The number of pyridine rings is 1. The monoisotopic (exact) mass is 213 g/mol. The van der Waals surface area contributed by atoms with E-state index in [1.165, 1.54) is 36.2 Å². The Balaban J connectivity index is 1.88. The third-order valence-electron chi connectivity index (χ3n) is 3.21. The number of nitrogens with zero attached hydrogens (tertiary/aromatic N) is 3. The first-order chi connectivity index (χ1) is 7.93. The average molecular weight is 213 g/mol. The van der Waals surface area contributed by atoms with E-state index >= 15 is 0 Å². The first kappa shape index (κ1) is 9.58. The minimum absolute atomic E-state index is 0.921. The van der Waals surface area contributed by atoms with Crippen molar-refractivity contribution in [3.05, 3.63) is 47.8 Å². The zero-order valence-corrected chi connectivity index (χ0v) is 9.26. The molecule has 0 saturated carbocycles. The molecule has 0 fully saturated rings. The number of hydrogen-bond acceptors (Lipinski definition) is 2. The quantitative estimate of drug-likeness (QED) is 0.765. The molecular weight excluding hydrogens is 198 g/mol. The molecule has 0 amide bonds. The summed E-state index contributed by atoms with van der Waals surface area (Å²) in [7, 11) is 0. The molecule has 1 aliphatic carbocycles. The first-order valence-corrected chi connectivity index (χ1v) is 5.85. The van der Waals surface area contributed by atoms with Gasteiger partial charge in [-0.25, -0.2) is 4.98 Å². The van der Waals surface area contributed by atoms with E-state index in [2.05, 4.69) is 26.7 Å². The van der Waals surface area contributed by atoms with Crippen molar-refractivity contribution in [3.63, 3.8) is 0 Å². The van der Waals surface area contributed by atoms with E-state index in [4.69, 9.17) is 0 Å². The highest BCUT2D eigenvalue weighted by Crippen LogP contribution is 2.20. The summed E-state index contributed by atoms with van der Waals surface area (Å²) < 4.78 is 2.28. The van der Waals surface area contributed by atoms with Gasteiger partial charge >= 0.3 is 0 Å². The summed E-state index contributed by atoms with van der Waals surface area (Å²) in [5.74, 6) is 0. The lowest BCUT2D eigenvalue weighted by Gasteiger charge is -2.13. The molecule has 3 nitrogen and oxygen atoms in total. The van der Waals surface area contributed by atoms with Gasteiger partial charge in [0, 0.05) is 24.6 Å². The van der Waals surface area contributed by atoms with Gasteiger partial charge in [-0.05, 0) is 43.4 Å². The standard InChI is InChI=1S/C13H15N3/c1-2-4-13-12(3-1)15-10-16(13)9-11-5-7-14-8-6-11/h5-8,10H,1-4,9H2.